The lowest BCUT2D eigenvalue weighted by Gasteiger charge is -2.42. The first kappa shape index (κ1) is 16.2. The molecule has 1 aliphatic carbocycles. The molecule has 2 aliphatic rings. The van der Waals surface area contributed by atoms with Crippen LogP contribution in [-0.2, 0) is 12.0 Å². The predicted octanol–water partition coefficient (Wildman–Crippen LogP) is 3.96. The van der Waals surface area contributed by atoms with Crippen LogP contribution in [0.15, 0.2) is 41.5 Å². The van der Waals surface area contributed by atoms with Crippen molar-refractivity contribution in [1.82, 2.24) is 4.98 Å². The summed E-state index contributed by atoms with van der Waals surface area (Å²) in [5, 5.41) is 0.704. The summed E-state index contributed by atoms with van der Waals surface area (Å²) in [6.07, 6.45) is 4.11. The number of benzene rings is 1. The minimum absolute atomic E-state index is 0.222. The molecular weight excluding hydrogens is 326 g/mol. The third-order valence-corrected chi connectivity index (χ3v) is 6.27. The largest absolute Gasteiger partial charge is 0.379 e. The summed E-state index contributed by atoms with van der Waals surface area (Å²) in [5.41, 5.74) is 11.6. The molecular formula is C21H21N3S. The van der Waals surface area contributed by atoms with Gasteiger partial charge in [0.25, 0.3) is 0 Å². The summed E-state index contributed by atoms with van der Waals surface area (Å²) in [5.74, 6) is 7.65. The molecule has 0 spiro atoms. The quantitative estimate of drug-likeness (QED) is 0.795. The van der Waals surface area contributed by atoms with Crippen molar-refractivity contribution >= 4 is 16.9 Å². The standard InChI is InChI=1S/C21H21N3S/c1-3-4-14-9-10-23-19(11-14)16-6-5-15-7-8-17-13-25-20(22)24-21(17,2)18(15)12-16/h5-6,9-12,17H,7-8,13H2,1-2H3,(H2,22,24)/t17-,21+/m1/s1. The molecule has 0 saturated heterocycles. The molecule has 0 saturated carbocycles. The topological polar surface area (TPSA) is 51.3 Å². The van der Waals surface area contributed by atoms with Gasteiger partial charge in [-0.25, -0.2) is 0 Å². The van der Waals surface area contributed by atoms with E-state index in [1.165, 1.54) is 17.5 Å². The van der Waals surface area contributed by atoms with Crippen LogP contribution in [0.1, 0.15) is 37.0 Å². The van der Waals surface area contributed by atoms with Crippen LogP contribution in [0.3, 0.4) is 0 Å². The molecule has 1 aromatic carbocycles. The molecule has 1 aromatic heterocycles. The molecule has 126 valence electrons. The highest BCUT2D eigenvalue weighted by Crippen LogP contribution is 2.47. The Kier molecular flexibility index (Phi) is 4.05. The van der Waals surface area contributed by atoms with Crippen molar-refractivity contribution in [3.63, 3.8) is 0 Å². The lowest BCUT2D eigenvalue weighted by atomic mass is 9.70. The number of pyridine rings is 1. The van der Waals surface area contributed by atoms with Gasteiger partial charge in [0, 0.05) is 23.1 Å². The first-order valence-electron chi connectivity index (χ1n) is 8.61. The molecule has 2 heterocycles. The Morgan fingerprint density at radius 1 is 1.28 bits per heavy atom. The van der Waals surface area contributed by atoms with Gasteiger partial charge in [0.1, 0.15) is 0 Å². The van der Waals surface area contributed by atoms with Crippen LogP contribution in [0.2, 0.25) is 0 Å². The molecule has 0 fully saturated rings. The summed E-state index contributed by atoms with van der Waals surface area (Å²) in [6, 6.07) is 10.7. The lowest BCUT2D eigenvalue weighted by molar-refractivity contribution is 0.291. The summed E-state index contributed by atoms with van der Waals surface area (Å²) in [7, 11) is 0. The van der Waals surface area contributed by atoms with Crippen LogP contribution >= 0.6 is 11.8 Å². The molecule has 2 N–H and O–H groups in total. The normalized spacial score (nSPS) is 24.4. The van der Waals surface area contributed by atoms with E-state index in [1.54, 1.807) is 11.8 Å². The average molecular weight is 347 g/mol. The molecule has 3 nitrogen and oxygen atoms in total. The Labute approximate surface area is 153 Å². The molecule has 2 aromatic rings. The Morgan fingerprint density at radius 2 is 2.16 bits per heavy atom. The maximum atomic E-state index is 6.07. The Bertz CT molecular complexity index is 922. The predicted molar refractivity (Wildman–Crippen MR) is 105 cm³/mol. The van der Waals surface area contributed by atoms with Crippen LogP contribution in [0.4, 0.5) is 0 Å². The molecule has 25 heavy (non-hydrogen) atoms. The van der Waals surface area contributed by atoms with Crippen LogP contribution in [0.5, 0.6) is 0 Å². The van der Waals surface area contributed by atoms with Gasteiger partial charge in [-0.3, -0.25) is 9.98 Å². The number of hydrogen-bond acceptors (Lipinski definition) is 4. The van der Waals surface area contributed by atoms with Crippen LogP contribution in [0.25, 0.3) is 11.3 Å². The minimum Gasteiger partial charge on any atom is -0.379 e. The zero-order valence-corrected chi connectivity index (χ0v) is 15.4. The van der Waals surface area contributed by atoms with E-state index in [0.717, 1.165) is 29.0 Å². The smallest absolute Gasteiger partial charge is 0.154 e. The number of rotatable bonds is 1. The van der Waals surface area contributed by atoms with E-state index in [1.807, 2.05) is 19.2 Å². The fourth-order valence-corrected chi connectivity index (χ4v) is 5.03. The number of thioether (sulfide) groups is 1. The van der Waals surface area contributed by atoms with Gasteiger partial charge in [0.05, 0.1) is 11.2 Å². The number of fused-ring (bicyclic) bond motifs is 3. The summed E-state index contributed by atoms with van der Waals surface area (Å²) < 4.78 is 0. The van der Waals surface area contributed by atoms with E-state index < -0.39 is 0 Å². The van der Waals surface area contributed by atoms with Crippen molar-refractivity contribution < 1.29 is 0 Å². The Hall–Kier alpha value is -2.25. The minimum atomic E-state index is -0.222. The van der Waals surface area contributed by atoms with Gasteiger partial charge in [0.15, 0.2) is 5.17 Å². The number of hydrogen-bond donors (Lipinski definition) is 1. The number of nitrogens with zero attached hydrogens (tertiary/aromatic N) is 2. The van der Waals surface area contributed by atoms with Crippen molar-refractivity contribution in [3.05, 3.63) is 53.2 Å². The average Bonchev–Trinajstić information content (AvgIpc) is 2.61. The van der Waals surface area contributed by atoms with Crippen molar-refractivity contribution in [2.75, 3.05) is 5.75 Å². The second kappa shape index (κ2) is 6.24. The molecule has 4 rings (SSSR count). The molecule has 0 radical (unpaired) electrons. The maximum Gasteiger partial charge on any atom is 0.154 e. The van der Waals surface area contributed by atoms with Crippen LogP contribution < -0.4 is 5.73 Å². The van der Waals surface area contributed by atoms with Gasteiger partial charge in [-0.2, -0.15) is 0 Å². The second-order valence-electron chi connectivity index (χ2n) is 6.82. The van der Waals surface area contributed by atoms with Crippen LogP contribution in [0, 0.1) is 17.8 Å². The number of amidine groups is 1. The highest BCUT2D eigenvalue weighted by Gasteiger charge is 2.42. The number of aromatic nitrogens is 1. The van der Waals surface area contributed by atoms with E-state index >= 15 is 0 Å². The monoisotopic (exact) mass is 347 g/mol. The van der Waals surface area contributed by atoms with E-state index in [-0.39, 0.29) is 5.54 Å². The Balaban J connectivity index is 1.83. The molecule has 0 amide bonds. The first-order chi connectivity index (χ1) is 12.1. The van der Waals surface area contributed by atoms with Crippen LogP contribution in [-0.4, -0.2) is 15.9 Å². The highest BCUT2D eigenvalue weighted by molar-refractivity contribution is 8.13. The fraction of sp³-hybridized carbons (Fsp3) is 0.333. The van der Waals surface area contributed by atoms with Crippen molar-refractivity contribution in [2.45, 2.75) is 32.2 Å². The van der Waals surface area contributed by atoms with E-state index in [9.17, 15) is 0 Å². The number of nitrogens with two attached hydrogens (primary N) is 1. The molecule has 4 heteroatoms. The molecule has 1 aliphatic heterocycles. The van der Waals surface area contributed by atoms with Gasteiger partial charge < -0.3 is 5.73 Å². The van der Waals surface area contributed by atoms with Gasteiger partial charge in [0.2, 0.25) is 0 Å². The molecule has 0 bridgehead atoms. The summed E-state index contributed by atoms with van der Waals surface area (Å²) in [6.45, 7) is 4.09. The third-order valence-electron chi connectivity index (χ3n) is 5.31. The fourth-order valence-electron chi connectivity index (χ4n) is 3.91. The zero-order chi connectivity index (χ0) is 17.4. The SMILES string of the molecule is CC#Cc1ccnc(-c2ccc3c(c2)[C@@]2(C)N=C(N)SC[C@H]2CC3)c1. The van der Waals surface area contributed by atoms with E-state index in [0.29, 0.717) is 11.1 Å². The number of aryl methyl sites for hydroxylation is 1. The van der Waals surface area contributed by atoms with Crippen molar-refractivity contribution in [3.8, 4) is 23.1 Å². The molecule has 2 atom stereocenters. The molecule has 0 unspecified atom stereocenters. The summed E-state index contributed by atoms with van der Waals surface area (Å²) >= 11 is 1.69. The number of aliphatic imine (C=N–C) groups is 1. The highest BCUT2D eigenvalue weighted by atomic mass is 32.2. The second-order valence-corrected chi connectivity index (χ2v) is 7.86. The first-order valence-corrected chi connectivity index (χ1v) is 9.59. The van der Waals surface area contributed by atoms with Crippen molar-refractivity contribution in [1.29, 1.82) is 0 Å². The lowest BCUT2D eigenvalue weighted by Crippen LogP contribution is -2.41. The van der Waals surface area contributed by atoms with Gasteiger partial charge in [-0.15, -0.1) is 5.92 Å². The van der Waals surface area contributed by atoms with E-state index in [4.69, 9.17) is 10.7 Å². The van der Waals surface area contributed by atoms with Gasteiger partial charge in [-0.05, 0) is 61.9 Å². The summed E-state index contributed by atoms with van der Waals surface area (Å²) in [4.78, 5) is 9.42. The van der Waals surface area contributed by atoms with Crippen molar-refractivity contribution in [2.24, 2.45) is 16.6 Å². The van der Waals surface area contributed by atoms with E-state index in [2.05, 4.69) is 48.0 Å². The van der Waals surface area contributed by atoms with Gasteiger partial charge in [-0.1, -0.05) is 29.8 Å². The zero-order valence-electron chi connectivity index (χ0n) is 14.5. The van der Waals surface area contributed by atoms with Gasteiger partial charge >= 0.3 is 0 Å². The third kappa shape index (κ3) is 2.83. The Morgan fingerprint density at radius 3 is 3.00 bits per heavy atom. The maximum absolute atomic E-state index is 6.07.